The van der Waals surface area contributed by atoms with Crippen molar-refractivity contribution in [2.45, 2.75) is 25.2 Å². The smallest absolute Gasteiger partial charge is 0.292 e. The van der Waals surface area contributed by atoms with Gasteiger partial charge in [-0.1, -0.05) is 47.1 Å². The monoisotopic (exact) mass is 465 g/mol. The number of carbonyl (C=O) groups is 1. The van der Waals surface area contributed by atoms with Gasteiger partial charge in [-0.05, 0) is 36.6 Å². The van der Waals surface area contributed by atoms with E-state index >= 15 is 0 Å². The van der Waals surface area contributed by atoms with Gasteiger partial charge in [0.05, 0.1) is 12.1 Å². The Hall–Kier alpha value is -3.45. The van der Waals surface area contributed by atoms with Crippen molar-refractivity contribution in [3.05, 3.63) is 94.6 Å². The molecule has 33 heavy (non-hydrogen) atoms. The minimum atomic E-state index is -0.417. The number of piperidine rings is 1. The summed E-state index contributed by atoms with van der Waals surface area (Å²) >= 11 is 6.25. The summed E-state index contributed by atoms with van der Waals surface area (Å²) < 4.78 is 25.3. The number of amides is 1. The number of nitrogens with zero attached hydrogens (tertiary/aromatic N) is 3. The fourth-order valence-electron chi connectivity index (χ4n) is 4.11. The number of hydrogen-bond donors (Lipinski definition) is 0. The normalized spacial score (nSPS) is 16.2. The van der Waals surface area contributed by atoms with Crippen LogP contribution in [0, 0.1) is 5.82 Å². The van der Waals surface area contributed by atoms with Gasteiger partial charge in [-0.2, -0.15) is 0 Å². The highest BCUT2D eigenvalue weighted by Gasteiger charge is 2.30. The molecule has 2 aromatic heterocycles. The molecule has 0 aliphatic carbocycles. The van der Waals surface area contributed by atoms with Crippen LogP contribution in [0.3, 0.4) is 0 Å². The molecule has 5 rings (SSSR count). The SMILES string of the molecule is O=C(c1cc(-c2ccccc2F)no1)N1CCC[C@@H](c2ncc(Cc3ccccc3Cl)o2)C1. The number of likely N-dealkylation sites (tertiary alicyclic amines) is 1. The van der Waals surface area contributed by atoms with Gasteiger partial charge in [-0.25, -0.2) is 9.37 Å². The van der Waals surface area contributed by atoms with Gasteiger partial charge in [0.1, 0.15) is 17.3 Å². The van der Waals surface area contributed by atoms with Crippen molar-refractivity contribution < 1.29 is 18.1 Å². The topological polar surface area (TPSA) is 72.4 Å². The Morgan fingerprint density at radius 1 is 1.18 bits per heavy atom. The van der Waals surface area contributed by atoms with Crippen LogP contribution in [0.4, 0.5) is 4.39 Å². The first-order valence-electron chi connectivity index (χ1n) is 10.8. The van der Waals surface area contributed by atoms with Crippen LogP contribution >= 0.6 is 11.6 Å². The number of halogens is 2. The fraction of sp³-hybridized carbons (Fsp3) is 0.240. The molecule has 0 saturated carbocycles. The molecule has 0 spiro atoms. The van der Waals surface area contributed by atoms with Gasteiger partial charge in [0, 0.05) is 36.2 Å². The summed E-state index contributed by atoms with van der Waals surface area (Å²) in [6.07, 6.45) is 3.95. The highest BCUT2D eigenvalue weighted by atomic mass is 35.5. The van der Waals surface area contributed by atoms with E-state index in [4.69, 9.17) is 20.5 Å². The largest absolute Gasteiger partial charge is 0.445 e. The third kappa shape index (κ3) is 4.54. The first-order valence-corrected chi connectivity index (χ1v) is 11.1. The Morgan fingerprint density at radius 2 is 2.00 bits per heavy atom. The van der Waals surface area contributed by atoms with Crippen molar-refractivity contribution in [2.24, 2.45) is 0 Å². The predicted molar refractivity (Wildman–Crippen MR) is 121 cm³/mol. The van der Waals surface area contributed by atoms with Crippen molar-refractivity contribution in [3.63, 3.8) is 0 Å². The van der Waals surface area contributed by atoms with Gasteiger partial charge in [-0.3, -0.25) is 4.79 Å². The zero-order chi connectivity index (χ0) is 22.8. The lowest BCUT2D eigenvalue weighted by Crippen LogP contribution is -2.39. The van der Waals surface area contributed by atoms with E-state index in [0.717, 1.165) is 24.2 Å². The Morgan fingerprint density at radius 3 is 2.85 bits per heavy atom. The van der Waals surface area contributed by atoms with Crippen molar-refractivity contribution >= 4 is 17.5 Å². The third-order valence-corrected chi connectivity index (χ3v) is 6.19. The summed E-state index contributed by atoms with van der Waals surface area (Å²) in [4.78, 5) is 19.2. The fourth-order valence-corrected chi connectivity index (χ4v) is 4.32. The van der Waals surface area contributed by atoms with Crippen LogP contribution in [-0.2, 0) is 6.42 Å². The third-order valence-electron chi connectivity index (χ3n) is 5.82. The molecule has 1 aliphatic heterocycles. The molecule has 1 fully saturated rings. The van der Waals surface area contributed by atoms with Crippen LogP contribution in [0.5, 0.6) is 0 Å². The Bertz CT molecular complexity index is 1290. The van der Waals surface area contributed by atoms with Crippen LogP contribution in [0.15, 0.2) is 69.7 Å². The van der Waals surface area contributed by atoms with Crippen molar-refractivity contribution in [3.8, 4) is 11.3 Å². The van der Waals surface area contributed by atoms with Gasteiger partial charge >= 0.3 is 0 Å². The van der Waals surface area contributed by atoms with Crippen LogP contribution in [-0.4, -0.2) is 34.0 Å². The number of rotatable bonds is 5. The van der Waals surface area contributed by atoms with E-state index in [-0.39, 0.29) is 17.6 Å². The molecule has 0 N–H and O–H groups in total. The summed E-state index contributed by atoms with van der Waals surface area (Å²) in [5.41, 5.74) is 1.56. The molecular formula is C25H21ClFN3O3. The van der Waals surface area contributed by atoms with Crippen molar-refractivity contribution in [1.82, 2.24) is 15.0 Å². The van der Waals surface area contributed by atoms with Gasteiger partial charge < -0.3 is 13.8 Å². The standard InChI is InChI=1S/C25H21ClFN3O3/c26-20-9-3-1-6-16(20)12-18-14-28-24(32-18)17-7-5-11-30(15-17)25(31)23-13-22(29-33-23)19-8-2-4-10-21(19)27/h1-4,6,8-10,13-14,17H,5,7,11-12,15H2/t17-/m1/s1. The van der Waals surface area contributed by atoms with Crippen LogP contribution in [0.25, 0.3) is 11.3 Å². The molecule has 6 nitrogen and oxygen atoms in total. The molecule has 0 unspecified atom stereocenters. The Kier molecular flexibility index (Phi) is 5.96. The predicted octanol–water partition coefficient (Wildman–Crippen LogP) is 5.73. The lowest BCUT2D eigenvalue weighted by molar-refractivity contribution is 0.0656. The summed E-state index contributed by atoms with van der Waals surface area (Å²) in [7, 11) is 0. The van der Waals surface area contributed by atoms with E-state index in [1.807, 2.05) is 24.3 Å². The number of oxazole rings is 1. The van der Waals surface area contributed by atoms with E-state index in [9.17, 15) is 9.18 Å². The number of aromatic nitrogens is 2. The van der Waals surface area contributed by atoms with Gasteiger partial charge in [0.2, 0.25) is 5.76 Å². The second-order valence-corrected chi connectivity index (χ2v) is 8.49. The highest BCUT2D eigenvalue weighted by molar-refractivity contribution is 6.31. The Balaban J connectivity index is 1.28. The molecule has 1 aliphatic rings. The molecular weight excluding hydrogens is 445 g/mol. The maximum absolute atomic E-state index is 14.0. The van der Waals surface area contributed by atoms with E-state index in [2.05, 4.69) is 10.1 Å². The number of carbonyl (C=O) groups excluding carboxylic acids is 1. The first kappa shape index (κ1) is 21.4. The maximum Gasteiger partial charge on any atom is 0.292 e. The number of hydrogen-bond acceptors (Lipinski definition) is 5. The summed E-state index contributed by atoms with van der Waals surface area (Å²) in [6.45, 7) is 1.05. The average Bonchev–Trinajstić information content (AvgIpc) is 3.51. The summed E-state index contributed by atoms with van der Waals surface area (Å²) in [5.74, 6) is 0.708. The molecule has 8 heteroatoms. The molecule has 1 amide bonds. The average molecular weight is 466 g/mol. The molecule has 3 heterocycles. The Labute approximate surface area is 195 Å². The van der Waals surface area contributed by atoms with E-state index in [1.165, 1.54) is 12.1 Å². The maximum atomic E-state index is 14.0. The highest BCUT2D eigenvalue weighted by Crippen LogP contribution is 2.29. The second kappa shape index (κ2) is 9.19. The van der Waals surface area contributed by atoms with Gasteiger partial charge in [0.15, 0.2) is 5.89 Å². The molecule has 1 atom stereocenters. The number of benzene rings is 2. The lowest BCUT2D eigenvalue weighted by atomic mass is 9.97. The first-order chi connectivity index (χ1) is 16.1. The van der Waals surface area contributed by atoms with E-state index < -0.39 is 5.82 Å². The van der Waals surface area contributed by atoms with Gasteiger partial charge in [0.25, 0.3) is 5.91 Å². The lowest BCUT2D eigenvalue weighted by Gasteiger charge is -2.30. The zero-order valence-corrected chi connectivity index (χ0v) is 18.5. The van der Waals surface area contributed by atoms with Crippen LogP contribution in [0.1, 0.15) is 46.5 Å². The molecule has 4 aromatic rings. The minimum absolute atomic E-state index is 0.0170. The quantitative estimate of drug-likeness (QED) is 0.376. The molecule has 0 radical (unpaired) electrons. The molecule has 168 valence electrons. The molecule has 0 bridgehead atoms. The van der Waals surface area contributed by atoms with Crippen LogP contribution in [0.2, 0.25) is 5.02 Å². The summed E-state index contributed by atoms with van der Waals surface area (Å²) in [5, 5.41) is 4.57. The van der Waals surface area contributed by atoms with Crippen molar-refractivity contribution in [2.75, 3.05) is 13.1 Å². The molecule has 1 saturated heterocycles. The second-order valence-electron chi connectivity index (χ2n) is 8.08. The van der Waals surface area contributed by atoms with Crippen molar-refractivity contribution in [1.29, 1.82) is 0 Å². The minimum Gasteiger partial charge on any atom is -0.445 e. The molecule has 2 aromatic carbocycles. The summed E-state index contributed by atoms with van der Waals surface area (Å²) in [6, 6.07) is 15.4. The van der Waals surface area contributed by atoms with Crippen LogP contribution < -0.4 is 0 Å². The zero-order valence-electron chi connectivity index (χ0n) is 17.7. The van der Waals surface area contributed by atoms with E-state index in [1.54, 1.807) is 29.3 Å². The van der Waals surface area contributed by atoms with Gasteiger partial charge in [-0.15, -0.1) is 0 Å². The van der Waals surface area contributed by atoms with E-state index in [0.29, 0.717) is 41.7 Å².